The molecule has 0 bridgehead atoms. The highest BCUT2D eigenvalue weighted by Gasteiger charge is 2.19. The molecule has 1 atom stereocenters. The largest absolute Gasteiger partial charge is 0.495 e. The molecule has 0 unspecified atom stereocenters. The standard InChI is InChI=1S/C16H14F2N2O5/c1-9(25-11-4-5-12(17)13(18)8-11)16(21)19-14-7-10(20(22)23)3-6-15(14)24-2/h3-9H,1-2H3,(H,19,21)/t9-/m0/s1. The number of nitrogens with one attached hydrogen (secondary N) is 1. The third-order valence-electron chi connectivity index (χ3n) is 3.22. The number of nitro benzene ring substituents is 1. The molecule has 0 aromatic heterocycles. The number of non-ortho nitro benzene ring substituents is 1. The number of amides is 1. The molecule has 0 radical (unpaired) electrons. The molecule has 0 aliphatic heterocycles. The van der Waals surface area contributed by atoms with Crippen LogP contribution in [0.2, 0.25) is 0 Å². The number of halogens is 2. The Morgan fingerprint density at radius 2 is 1.92 bits per heavy atom. The van der Waals surface area contributed by atoms with Crippen molar-refractivity contribution in [1.82, 2.24) is 0 Å². The Bertz CT molecular complexity index is 813. The molecule has 2 aromatic rings. The molecule has 2 aromatic carbocycles. The Balaban J connectivity index is 2.13. The van der Waals surface area contributed by atoms with E-state index in [0.717, 1.165) is 18.2 Å². The molecule has 0 saturated heterocycles. The first-order valence-corrected chi connectivity index (χ1v) is 7.07. The third-order valence-corrected chi connectivity index (χ3v) is 3.22. The van der Waals surface area contributed by atoms with E-state index in [2.05, 4.69) is 5.32 Å². The van der Waals surface area contributed by atoms with E-state index in [4.69, 9.17) is 9.47 Å². The predicted molar refractivity (Wildman–Crippen MR) is 84.7 cm³/mol. The summed E-state index contributed by atoms with van der Waals surface area (Å²) in [5.74, 6) is -2.61. The first-order valence-electron chi connectivity index (χ1n) is 7.07. The van der Waals surface area contributed by atoms with Crippen LogP contribution in [0.1, 0.15) is 6.92 Å². The van der Waals surface area contributed by atoms with Crippen molar-refractivity contribution >= 4 is 17.3 Å². The maximum absolute atomic E-state index is 13.2. The molecule has 9 heteroatoms. The van der Waals surface area contributed by atoms with Crippen LogP contribution in [0.15, 0.2) is 36.4 Å². The number of methoxy groups -OCH3 is 1. The van der Waals surface area contributed by atoms with Gasteiger partial charge in [0.15, 0.2) is 17.7 Å². The van der Waals surface area contributed by atoms with Crippen LogP contribution in [0.5, 0.6) is 11.5 Å². The summed E-state index contributed by atoms with van der Waals surface area (Å²) in [5, 5.41) is 13.3. The lowest BCUT2D eigenvalue weighted by atomic mass is 10.2. The fraction of sp³-hybridized carbons (Fsp3) is 0.188. The van der Waals surface area contributed by atoms with Crippen LogP contribution in [0.25, 0.3) is 0 Å². The summed E-state index contributed by atoms with van der Waals surface area (Å²) in [6, 6.07) is 6.58. The number of rotatable bonds is 6. The van der Waals surface area contributed by atoms with Gasteiger partial charge >= 0.3 is 0 Å². The molecule has 1 N–H and O–H groups in total. The van der Waals surface area contributed by atoms with Crippen molar-refractivity contribution in [3.8, 4) is 11.5 Å². The lowest BCUT2D eigenvalue weighted by molar-refractivity contribution is -0.384. The summed E-state index contributed by atoms with van der Waals surface area (Å²) in [5.41, 5.74) is -0.146. The molecule has 0 saturated carbocycles. The van der Waals surface area contributed by atoms with Crippen molar-refractivity contribution in [3.05, 3.63) is 58.1 Å². The Labute approximate surface area is 141 Å². The average Bonchev–Trinajstić information content (AvgIpc) is 2.57. The first kappa shape index (κ1) is 18.1. The van der Waals surface area contributed by atoms with Gasteiger partial charge in [0.25, 0.3) is 11.6 Å². The second kappa shape index (κ2) is 7.56. The maximum Gasteiger partial charge on any atom is 0.271 e. The van der Waals surface area contributed by atoms with E-state index in [1.54, 1.807) is 0 Å². The van der Waals surface area contributed by atoms with E-state index in [0.29, 0.717) is 0 Å². The zero-order valence-corrected chi connectivity index (χ0v) is 13.3. The highest BCUT2D eigenvalue weighted by atomic mass is 19.2. The van der Waals surface area contributed by atoms with Crippen molar-refractivity contribution in [2.75, 3.05) is 12.4 Å². The van der Waals surface area contributed by atoms with E-state index < -0.39 is 28.6 Å². The van der Waals surface area contributed by atoms with Gasteiger partial charge in [-0.15, -0.1) is 0 Å². The first-order chi connectivity index (χ1) is 11.8. The Morgan fingerprint density at radius 3 is 2.52 bits per heavy atom. The molecule has 132 valence electrons. The minimum atomic E-state index is -1.11. The van der Waals surface area contributed by atoms with Crippen LogP contribution in [0, 0.1) is 21.7 Å². The summed E-state index contributed by atoms with van der Waals surface area (Å²) in [7, 11) is 1.35. The Kier molecular flexibility index (Phi) is 5.48. The van der Waals surface area contributed by atoms with Gasteiger partial charge in [0.2, 0.25) is 0 Å². The summed E-state index contributed by atoms with van der Waals surface area (Å²) >= 11 is 0. The van der Waals surface area contributed by atoms with E-state index in [1.807, 2.05) is 0 Å². The van der Waals surface area contributed by atoms with E-state index in [1.165, 1.54) is 32.2 Å². The molecular formula is C16H14F2N2O5. The van der Waals surface area contributed by atoms with E-state index in [9.17, 15) is 23.7 Å². The van der Waals surface area contributed by atoms with E-state index >= 15 is 0 Å². The van der Waals surface area contributed by atoms with Crippen LogP contribution in [0.4, 0.5) is 20.2 Å². The average molecular weight is 352 g/mol. The fourth-order valence-electron chi connectivity index (χ4n) is 1.95. The van der Waals surface area contributed by atoms with Crippen LogP contribution in [0.3, 0.4) is 0 Å². The van der Waals surface area contributed by atoms with Crippen molar-refractivity contribution in [2.45, 2.75) is 13.0 Å². The smallest absolute Gasteiger partial charge is 0.271 e. The van der Waals surface area contributed by atoms with Gasteiger partial charge in [-0.25, -0.2) is 8.78 Å². The monoisotopic (exact) mass is 352 g/mol. The second-order valence-electron chi connectivity index (χ2n) is 4.97. The van der Waals surface area contributed by atoms with Gasteiger partial charge in [-0.2, -0.15) is 0 Å². The highest BCUT2D eigenvalue weighted by Crippen LogP contribution is 2.29. The summed E-state index contributed by atoms with van der Waals surface area (Å²) in [4.78, 5) is 22.4. The number of carbonyl (C=O) groups is 1. The van der Waals surface area contributed by atoms with Crippen molar-refractivity contribution in [2.24, 2.45) is 0 Å². The van der Waals surface area contributed by atoms with Gasteiger partial charge in [0.1, 0.15) is 11.5 Å². The van der Waals surface area contributed by atoms with Crippen LogP contribution in [-0.2, 0) is 4.79 Å². The van der Waals surface area contributed by atoms with Gasteiger partial charge in [0.05, 0.1) is 17.7 Å². The van der Waals surface area contributed by atoms with Crippen LogP contribution in [-0.4, -0.2) is 24.0 Å². The molecule has 0 aliphatic rings. The van der Waals surface area contributed by atoms with Crippen LogP contribution < -0.4 is 14.8 Å². The SMILES string of the molecule is COc1ccc([N+](=O)[O-])cc1NC(=O)[C@H](C)Oc1ccc(F)c(F)c1. The molecule has 25 heavy (non-hydrogen) atoms. The topological polar surface area (TPSA) is 90.7 Å². The number of nitro groups is 1. The van der Waals surface area contributed by atoms with Crippen molar-refractivity contribution < 1.29 is 28.0 Å². The number of ether oxygens (including phenoxy) is 2. The molecule has 0 heterocycles. The molecule has 0 aliphatic carbocycles. The number of hydrogen-bond acceptors (Lipinski definition) is 5. The second-order valence-corrected chi connectivity index (χ2v) is 4.97. The fourth-order valence-corrected chi connectivity index (χ4v) is 1.95. The summed E-state index contributed by atoms with van der Waals surface area (Å²) in [6.45, 7) is 1.39. The molecular weight excluding hydrogens is 338 g/mol. The van der Waals surface area contributed by atoms with Gasteiger partial charge in [0, 0.05) is 18.2 Å². The van der Waals surface area contributed by atoms with Gasteiger partial charge in [-0.05, 0) is 25.1 Å². The number of hydrogen-bond donors (Lipinski definition) is 1. The van der Waals surface area contributed by atoms with Gasteiger partial charge < -0.3 is 14.8 Å². The van der Waals surface area contributed by atoms with Gasteiger partial charge in [-0.1, -0.05) is 0 Å². The highest BCUT2D eigenvalue weighted by molar-refractivity contribution is 5.95. The quantitative estimate of drug-likeness (QED) is 0.636. The Hall–Kier alpha value is -3.23. The molecule has 2 rings (SSSR count). The predicted octanol–water partition coefficient (Wildman–Crippen LogP) is 3.29. The van der Waals surface area contributed by atoms with Crippen LogP contribution >= 0.6 is 0 Å². The number of benzene rings is 2. The Morgan fingerprint density at radius 1 is 1.20 bits per heavy atom. The summed E-state index contributed by atoms with van der Waals surface area (Å²) in [6.07, 6.45) is -1.08. The lowest BCUT2D eigenvalue weighted by Crippen LogP contribution is -2.30. The third kappa shape index (κ3) is 4.40. The molecule has 0 fully saturated rings. The van der Waals surface area contributed by atoms with Crippen molar-refractivity contribution in [1.29, 1.82) is 0 Å². The van der Waals surface area contributed by atoms with Crippen molar-refractivity contribution in [3.63, 3.8) is 0 Å². The zero-order valence-electron chi connectivity index (χ0n) is 13.3. The zero-order chi connectivity index (χ0) is 18.6. The molecule has 1 amide bonds. The summed E-state index contributed by atoms with van der Waals surface area (Å²) < 4.78 is 36.3. The number of carbonyl (C=O) groups excluding carboxylic acids is 1. The number of nitrogens with zero attached hydrogens (tertiary/aromatic N) is 1. The maximum atomic E-state index is 13.2. The lowest BCUT2D eigenvalue weighted by Gasteiger charge is -2.16. The minimum absolute atomic E-state index is 0.0347. The normalized spacial score (nSPS) is 11.5. The minimum Gasteiger partial charge on any atom is -0.495 e. The van der Waals surface area contributed by atoms with E-state index in [-0.39, 0.29) is 22.9 Å². The molecule has 0 spiro atoms. The number of anilines is 1. The van der Waals surface area contributed by atoms with Gasteiger partial charge in [-0.3, -0.25) is 14.9 Å². The molecule has 7 nitrogen and oxygen atoms in total.